The molecule has 0 unspecified atom stereocenters. The van der Waals surface area contributed by atoms with Gasteiger partial charge in [-0.25, -0.2) is 0 Å². The third-order valence-corrected chi connectivity index (χ3v) is 2.63. The highest BCUT2D eigenvalue weighted by molar-refractivity contribution is 4.87. The summed E-state index contributed by atoms with van der Waals surface area (Å²) in [6.45, 7) is 2.15. The van der Waals surface area contributed by atoms with Gasteiger partial charge in [0.15, 0.2) is 6.29 Å². The maximum atomic E-state index is 9.54. The van der Waals surface area contributed by atoms with E-state index in [-0.39, 0.29) is 18.1 Å². The van der Waals surface area contributed by atoms with Gasteiger partial charge in [-0.15, -0.1) is 0 Å². The average molecular weight is 206 g/mol. The normalized spacial score (nSPS) is 43.9. The fourth-order valence-electron chi connectivity index (χ4n) is 1.79. The van der Waals surface area contributed by atoms with E-state index in [2.05, 4.69) is 0 Å². The van der Waals surface area contributed by atoms with E-state index in [9.17, 15) is 10.2 Å². The van der Waals surface area contributed by atoms with Crippen molar-refractivity contribution >= 4 is 0 Å². The predicted octanol–water partition coefficient (Wildman–Crippen LogP) is -0.638. The molecule has 0 aliphatic carbocycles. The van der Waals surface area contributed by atoms with Crippen molar-refractivity contribution in [2.75, 3.05) is 20.8 Å². The van der Waals surface area contributed by atoms with Gasteiger partial charge in [0.25, 0.3) is 0 Å². The number of hydrogen-bond donors (Lipinski definition) is 2. The minimum Gasteiger partial charge on any atom is -0.387 e. The van der Waals surface area contributed by atoms with E-state index in [1.165, 1.54) is 0 Å². The van der Waals surface area contributed by atoms with E-state index in [0.29, 0.717) is 6.61 Å². The lowest BCUT2D eigenvalue weighted by Crippen LogP contribution is -2.55. The highest BCUT2D eigenvalue weighted by Gasteiger charge is 2.42. The van der Waals surface area contributed by atoms with Gasteiger partial charge in [-0.05, 0) is 0 Å². The quantitative estimate of drug-likeness (QED) is 0.643. The van der Waals surface area contributed by atoms with Crippen LogP contribution in [0.3, 0.4) is 0 Å². The van der Waals surface area contributed by atoms with E-state index in [0.717, 1.165) is 0 Å². The number of hydrogen-bond acceptors (Lipinski definition) is 5. The van der Waals surface area contributed by atoms with E-state index in [1.54, 1.807) is 14.2 Å². The van der Waals surface area contributed by atoms with Gasteiger partial charge in [0.1, 0.15) is 12.2 Å². The first-order chi connectivity index (χ1) is 6.61. The van der Waals surface area contributed by atoms with Gasteiger partial charge in [0, 0.05) is 20.1 Å². The van der Waals surface area contributed by atoms with Crippen molar-refractivity contribution in [2.45, 2.75) is 31.5 Å². The Bertz CT molecular complexity index is 175. The first-order valence-corrected chi connectivity index (χ1v) is 4.65. The molecule has 0 bridgehead atoms. The summed E-state index contributed by atoms with van der Waals surface area (Å²) in [6, 6.07) is 0. The van der Waals surface area contributed by atoms with Gasteiger partial charge in [0.05, 0.1) is 12.7 Å². The van der Waals surface area contributed by atoms with Crippen molar-refractivity contribution in [3.05, 3.63) is 0 Å². The summed E-state index contributed by atoms with van der Waals surface area (Å²) in [5.74, 6) is -0.177. The number of aliphatic hydroxyl groups excluding tert-OH is 2. The van der Waals surface area contributed by atoms with Crippen LogP contribution in [0, 0.1) is 5.92 Å². The summed E-state index contributed by atoms with van der Waals surface area (Å²) in [5, 5.41) is 18.9. The molecule has 5 atom stereocenters. The zero-order valence-electron chi connectivity index (χ0n) is 8.71. The maximum absolute atomic E-state index is 9.54. The fourth-order valence-corrected chi connectivity index (χ4v) is 1.79. The Labute approximate surface area is 83.6 Å². The van der Waals surface area contributed by atoms with Crippen molar-refractivity contribution in [1.82, 2.24) is 0 Å². The maximum Gasteiger partial charge on any atom is 0.181 e. The van der Waals surface area contributed by atoms with Crippen molar-refractivity contribution in [2.24, 2.45) is 5.92 Å². The molecule has 84 valence electrons. The summed E-state index contributed by atoms with van der Waals surface area (Å²) in [4.78, 5) is 0. The van der Waals surface area contributed by atoms with E-state index >= 15 is 0 Å². The molecule has 0 spiro atoms. The minimum absolute atomic E-state index is 0.177. The molecule has 5 nitrogen and oxygen atoms in total. The second kappa shape index (κ2) is 5.04. The van der Waals surface area contributed by atoms with Crippen LogP contribution in [0.2, 0.25) is 0 Å². The van der Waals surface area contributed by atoms with E-state index in [4.69, 9.17) is 14.2 Å². The third kappa shape index (κ3) is 2.24. The van der Waals surface area contributed by atoms with Gasteiger partial charge in [-0.2, -0.15) is 0 Å². The van der Waals surface area contributed by atoms with Gasteiger partial charge in [-0.3, -0.25) is 0 Å². The lowest BCUT2D eigenvalue weighted by Gasteiger charge is -2.40. The predicted molar refractivity (Wildman–Crippen MR) is 48.7 cm³/mol. The zero-order valence-corrected chi connectivity index (χ0v) is 8.71. The van der Waals surface area contributed by atoms with Crippen LogP contribution >= 0.6 is 0 Å². The molecule has 1 aliphatic heterocycles. The number of methoxy groups -OCH3 is 2. The summed E-state index contributed by atoms with van der Waals surface area (Å²) < 4.78 is 15.3. The first kappa shape index (κ1) is 11.9. The zero-order chi connectivity index (χ0) is 10.7. The molecular formula is C9H18O5. The van der Waals surface area contributed by atoms with Crippen LogP contribution in [0.5, 0.6) is 0 Å². The van der Waals surface area contributed by atoms with Crippen molar-refractivity contribution < 1.29 is 24.4 Å². The molecule has 1 aliphatic rings. The van der Waals surface area contributed by atoms with Crippen LogP contribution in [0.1, 0.15) is 6.92 Å². The molecule has 0 radical (unpaired) electrons. The lowest BCUT2D eigenvalue weighted by atomic mass is 9.91. The molecule has 1 fully saturated rings. The number of ether oxygens (including phenoxy) is 3. The Balaban J connectivity index is 2.66. The molecular weight excluding hydrogens is 188 g/mol. The molecule has 5 heteroatoms. The molecule has 0 saturated carbocycles. The molecule has 0 amide bonds. The van der Waals surface area contributed by atoms with Gasteiger partial charge in [0.2, 0.25) is 0 Å². The Morgan fingerprint density at radius 2 is 1.93 bits per heavy atom. The Morgan fingerprint density at radius 3 is 2.43 bits per heavy atom. The number of aliphatic hydroxyl groups is 2. The third-order valence-electron chi connectivity index (χ3n) is 2.63. The SMILES string of the molecule is COC[C@@H]1O[C@@H](O)[C@@H](O)[C@H](C)[C@H]1OC. The molecule has 1 saturated heterocycles. The van der Waals surface area contributed by atoms with Crippen LogP contribution in [0.15, 0.2) is 0 Å². The first-order valence-electron chi connectivity index (χ1n) is 4.65. The summed E-state index contributed by atoms with van der Waals surface area (Å²) >= 11 is 0. The van der Waals surface area contributed by atoms with Gasteiger partial charge < -0.3 is 24.4 Å². The Kier molecular flexibility index (Phi) is 4.28. The molecule has 14 heavy (non-hydrogen) atoms. The van der Waals surface area contributed by atoms with Crippen LogP contribution in [-0.4, -0.2) is 55.6 Å². The second-order valence-corrected chi connectivity index (χ2v) is 3.57. The van der Waals surface area contributed by atoms with Crippen LogP contribution in [0.25, 0.3) is 0 Å². The summed E-state index contributed by atoms with van der Waals surface area (Å²) in [5.41, 5.74) is 0. The summed E-state index contributed by atoms with van der Waals surface area (Å²) in [7, 11) is 3.11. The molecule has 0 aromatic carbocycles. The highest BCUT2D eigenvalue weighted by Crippen LogP contribution is 2.26. The van der Waals surface area contributed by atoms with Gasteiger partial charge in [-0.1, -0.05) is 6.92 Å². The average Bonchev–Trinajstić information content (AvgIpc) is 2.16. The number of rotatable bonds is 3. The van der Waals surface area contributed by atoms with Gasteiger partial charge >= 0.3 is 0 Å². The summed E-state index contributed by atoms with van der Waals surface area (Å²) in [6.07, 6.45) is -2.66. The second-order valence-electron chi connectivity index (χ2n) is 3.57. The van der Waals surface area contributed by atoms with Crippen LogP contribution in [0.4, 0.5) is 0 Å². The van der Waals surface area contributed by atoms with Crippen LogP contribution < -0.4 is 0 Å². The van der Waals surface area contributed by atoms with Crippen molar-refractivity contribution in [3.63, 3.8) is 0 Å². The molecule has 0 aromatic heterocycles. The smallest absolute Gasteiger partial charge is 0.181 e. The lowest BCUT2D eigenvalue weighted by molar-refractivity contribution is -0.276. The van der Waals surface area contributed by atoms with E-state index < -0.39 is 12.4 Å². The molecule has 1 heterocycles. The molecule has 0 aromatic rings. The molecule has 1 rings (SSSR count). The largest absolute Gasteiger partial charge is 0.387 e. The minimum atomic E-state index is -1.16. The van der Waals surface area contributed by atoms with Crippen molar-refractivity contribution in [3.8, 4) is 0 Å². The molecule has 2 N–H and O–H groups in total. The van der Waals surface area contributed by atoms with E-state index in [1.807, 2.05) is 6.92 Å². The fraction of sp³-hybridized carbons (Fsp3) is 1.00. The Hall–Kier alpha value is -0.200. The van der Waals surface area contributed by atoms with Crippen LogP contribution in [-0.2, 0) is 14.2 Å². The standard InChI is InChI=1S/C9H18O5/c1-5-7(10)9(11)14-6(4-12-2)8(5)13-3/h5-11H,4H2,1-3H3/t5-,6-,7-,8+,9+/m0/s1. The Morgan fingerprint density at radius 1 is 1.29 bits per heavy atom. The van der Waals surface area contributed by atoms with Crippen molar-refractivity contribution in [1.29, 1.82) is 0 Å². The topological polar surface area (TPSA) is 68.2 Å². The monoisotopic (exact) mass is 206 g/mol. The highest BCUT2D eigenvalue weighted by atomic mass is 16.6.